The average molecular weight is 229 g/mol. The molecule has 1 aromatic carbocycles. The summed E-state index contributed by atoms with van der Waals surface area (Å²) in [5, 5.41) is 9.86. The van der Waals surface area contributed by atoms with E-state index >= 15 is 0 Å². The molecule has 0 bridgehead atoms. The predicted octanol–water partition coefficient (Wildman–Crippen LogP) is 3.18. The van der Waals surface area contributed by atoms with Crippen molar-refractivity contribution in [2.75, 3.05) is 6.61 Å². The number of hydrogen-bond donors (Lipinski definition) is 1. The van der Waals surface area contributed by atoms with Gasteiger partial charge >= 0.3 is 0 Å². The van der Waals surface area contributed by atoms with Gasteiger partial charge in [-0.1, -0.05) is 18.0 Å². The largest absolute Gasteiger partial charge is 0.396 e. The van der Waals surface area contributed by atoms with E-state index in [1.165, 1.54) is 6.07 Å². The summed E-state index contributed by atoms with van der Waals surface area (Å²) in [4.78, 5) is 0. The lowest BCUT2D eigenvalue weighted by Crippen LogP contribution is -2.35. The topological polar surface area (TPSA) is 20.2 Å². The van der Waals surface area contributed by atoms with Crippen molar-refractivity contribution in [3.8, 4) is 0 Å². The van der Waals surface area contributed by atoms with Crippen LogP contribution in [0.3, 0.4) is 0 Å². The molecule has 0 unspecified atom stereocenters. The van der Waals surface area contributed by atoms with Gasteiger partial charge in [-0.3, -0.25) is 0 Å². The van der Waals surface area contributed by atoms with Crippen LogP contribution in [0.2, 0.25) is 5.02 Å². The summed E-state index contributed by atoms with van der Waals surface area (Å²) in [5.74, 6) is -0.223. The highest BCUT2D eigenvalue weighted by Gasteiger charge is 2.36. The zero-order valence-electron chi connectivity index (χ0n) is 8.47. The highest BCUT2D eigenvalue weighted by Crippen LogP contribution is 2.43. The van der Waals surface area contributed by atoms with Gasteiger partial charge < -0.3 is 5.11 Å². The van der Waals surface area contributed by atoms with E-state index in [1.807, 2.05) is 0 Å². The minimum absolute atomic E-state index is 0.0917. The molecule has 0 amide bonds. The Bertz CT molecular complexity index is 355. The van der Waals surface area contributed by atoms with Gasteiger partial charge in [-0.05, 0) is 48.4 Å². The fraction of sp³-hybridized carbons (Fsp3) is 0.500. The van der Waals surface area contributed by atoms with Crippen LogP contribution >= 0.6 is 11.6 Å². The maximum Gasteiger partial charge on any atom is 0.126 e. The zero-order valence-corrected chi connectivity index (χ0v) is 9.23. The second-order valence-corrected chi connectivity index (χ2v) is 4.86. The number of aliphatic hydroxyl groups is 1. The Hall–Kier alpha value is -0.600. The molecule has 82 valence electrons. The van der Waals surface area contributed by atoms with Crippen LogP contribution in [0.25, 0.3) is 0 Å². The summed E-state index contributed by atoms with van der Waals surface area (Å²) in [5.41, 5.74) is 0.530. The van der Waals surface area contributed by atoms with Crippen LogP contribution in [0, 0.1) is 11.2 Å². The van der Waals surface area contributed by atoms with Crippen molar-refractivity contribution in [2.45, 2.75) is 25.7 Å². The molecule has 0 radical (unpaired) electrons. The first kappa shape index (κ1) is 10.9. The minimum atomic E-state index is -0.223. The van der Waals surface area contributed by atoms with E-state index in [0.717, 1.165) is 19.3 Å². The minimum Gasteiger partial charge on any atom is -0.396 e. The molecule has 1 aliphatic rings. The maximum atomic E-state index is 13.5. The first-order chi connectivity index (χ1) is 7.15. The van der Waals surface area contributed by atoms with Gasteiger partial charge in [-0.15, -0.1) is 0 Å². The number of benzene rings is 1. The van der Waals surface area contributed by atoms with E-state index in [-0.39, 0.29) is 17.8 Å². The molecule has 0 aliphatic heterocycles. The molecule has 0 saturated heterocycles. The monoisotopic (exact) mass is 228 g/mol. The maximum absolute atomic E-state index is 13.5. The summed E-state index contributed by atoms with van der Waals surface area (Å²) in [7, 11) is 0. The van der Waals surface area contributed by atoms with Crippen molar-refractivity contribution in [1.82, 2.24) is 0 Å². The quantitative estimate of drug-likeness (QED) is 0.843. The van der Waals surface area contributed by atoms with Crippen molar-refractivity contribution < 1.29 is 9.50 Å². The summed E-state index contributed by atoms with van der Waals surface area (Å²) >= 11 is 5.82. The predicted molar refractivity (Wildman–Crippen MR) is 58.5 cm³/mol. The van der Waals surface area contributed by atoms with Gasteiger partial charge in [0.1, 0.15) is 5.82 Å². The SMILES string of the molecule is OCC1(Cc2cc(Cl)ccc2F)CCC1. The molecule has 0 spiro atoms. The third-order valence-corrected chi connectivity index (χ3v) is 3.56. The molecule has 1 saturated carbocycles. The van der Waals surface area contributed by atoms with Gasteiger partial charge in [0.05, 0.1) is 0 Å². The molecule has 1 aliphatic carbocycles. The summed E-state index contributed by atoms with van der Waals surface area (Å²) < 4.78 is 13.5. The molecule has 15 heavy (non-hydrogen) atoms. The standard InChI is InChI=1S/C12H14ClFO/c13-10-2-3-11(14)9(6-10)7-12(8-15)4-1-5-12/h2-3,6,15H,1,4-5,7-8H2. The van der Waals surface area contributed by atoms with Crippen molar-refractivity contribution in [3.63, 3.8) is 0 Å². The Morgan fingerprint density at radius 2 is 2.13 bits per heavy atom. The lowest BCUT2D eigenvalue weighted by atomic mass is 9.66. The first-order valence-corrected chi connectivity index (χ1v) is 5.58. The van der Waals surface area contributed by atoms with Gasteiger partial charge in [0, 0.05) is 11.6 Å². The van der Waals surface area contributed by atoms with Crippen LogP contribution in [0.4, 0.5) is 4.39 Å². The van der Waals surface area contributed by atoms with E-state index in [1.54, 1.807) is 12.1 Å². The third-order valence-electron chi connectivity index (χ3n) is 3.32. The smallest absolute Gasteiger partial charge is 0.126 e. The number of hydrogen-bond acceptors (Lipinski definition) is 1. The highest BCUT2D eigenvalue weighted by molar-refractivity contribution is 6.30. The molecule has 1 fully saturated rings. The Labute approximate surface area is 93.9 Å². The van der Waals surface area contributed by atoms with Crippen LogP contribution < -0.4 is 0 Å². The van der Waals surface area contributed by atoms with Crippen LogP contribution in [-0.4, -0.2) is 11.7 Å². The van der Waals surface area contributed by atoms with Gasteiger partial charge in [0.25, 0.3) is 0 Å². The molecule has 2 rings (SSSR count). The molecular weight excluding hydrogens is 215 g/mol. The highest BCUT2D eigenvalue weighted by atomic mass is 35.5. The second-order valence-electron chi connectivity index (χ2n) is 4.42. The van der Waals surface area contributed by atoms with Crippen LogP contribution in [0.5, 0.6) is 0 Å². The summed E-state index contributed by atoms with van der Waals surface area (Å²) in [6.07, 6.45) is 3.68. The Morgan fingerprint density at radius 1 is 1.40 bits per heavy atom. The van der Waals surface area contributed by atoms with Crippen LogP contribution in [-0.2, 0) is 6.42 Å². The second kappa shape index (κ2) is 4.11. The first-order valence-electron chi connectivity index (χ1n) is 5.20. The van der Waals surface area contributed by atoms with E-state index < -0.39 is 0 Å². The third kappa shape index (κ3) is 2.16. The summed E-state index contributed by atoms with van der Waals surface area (Å²) in [6, 6.07) is 4.60. The van der Waals surface area contributed by atoms with Gasteiger partial charge in [-0.25, -0.2) is 4.39 Å². The Balaban J connectivity index is 2.19. The number of halogens is 2. The van der Waals surface area contributed by atoms with E-state index in [9.17, 15) is 9.50 Å². The lowest BCUT2D eigenvalue weighted by Gasteiger charge is -2.40. The number of rotatable bonds is 3. The fourth-order valence-electron chi connectivity index (χ4n) is 2.15. The fourth-order valence-corrected chi connectivity index (χ4v) is 2.35. The Morgan fingerprint density at radius 3 is 2.67 bits per heavy atom. The number of aliphatic hydroxyl groups excluding tert-OH is 1. The molecular formula is C12H14ClFO. The van der Waals surface area contributed by atoms with Gasteiger partial charge in [-0.2, -0.15) is 0 Å². The Kier molecular flexibility index (Phi) is 2.98. The molecule has 0 heterocycles. The van der Waals surface area contributed by atoms with E-state index in [0.29, 0.717) is 17.0 Å². The normalized spacial score (nSPS) is 18.6. The average Bonchev–Trinajstić information content (AvgIpc) is 2.17. The van der Waals surface area contributed by atoms with Gasteiger partial charge in [0.15, 0.2) is 0 Å². The molecule has 0 atom stereocenters. The summed E-state index contributed by atoms with van der Waals surface area (Å²) in [6.45, 7) is 0.138. The molecule has 1 nitrogen and oxygen atoms in total. The molecule has 1 aromatic rings. The van der Waals surface area contributed by atoms with E-state index in [4.69, 9.17) is 11.6 Å². The molecule has 0 aromatic heterocycles. The lowest BCUT2D eigenvalue weighted by molar-refractivity contribution is 0.0442. The van der Waals surface area contributed by atoms with E-state index in [2.05, 4.69) is 0 Å². The van der Waals surface area contributed by atoms with Crippen LogP contribution in [0.1, 0.15) is 24.8 Å². The van der Waals surface area contributed by atoms with Crippen molar-refractivity contribution in [2.24, 2.45) is 5.41 Å². The van der Waals surface area contributed by atoms with Gasteiger partial charge in [0.2, 0.25) is 0 Å². The molecule has 3 heteroatoms. The van der Waals surface area contributed by atoms with Crippen LogP contribution in [0.15, 0.2) is 18.2 Å². The van der Waals surface area contributed by atoms with Crippen molar-refractivity contribution >= 4 is 11.6 Å². The zero-order chi connectivity index (χ0) is 10.9. The van der Waals surface area contributed by atoms with Crippen molar-refractivity contribution in [1.29, 1.82) is 0 Å². The van der Waals surface area contributed by atoms with Crippen molar-refractivity contribution in [3.05, 3.63) is 34.6 Å². The molecule has 1 N–H and O–H groups in total.